The van der Waals surface area contributed by atoms with Crippen LogP contribution in [0.15, 0.2) is 30.3 Å². The van der Waals surface area contributed by atoms with E-state index in [1.165, 1.54) is 12.1 Å². The first kappa shape index (κ1) is 22.4. The fourth-order valence-electron chi connectivity index (χ4n) is 4.48. The van der Waals surface area contributed by atoms with Gasteiger partial charge in [0.15, 0.2) is 34.9 Å². The Kier molecular flexibility index (Phi) is 6.01. The van der Waals surface area contributed by atoms with Gasteiger partial charge in [0.1, 0.15) is 5.82 Å². The van der Waals surface area contributed by atoms with Crippen molar-refractivity contribution in [1.82, 2.24) is 0 Å². The predicted octanol–water partition coefficient (Wildman–Crippen LogP) is 7.55. The molecule has 7 heteroatoms. The van der Waals surface area contributed by atoms with Crippen molar-refractivity contribution < 1.29 is 30.7 Å². The first-order chi connectivity index (χ1) is 15.3. The molecule has 1 atom stereocenters. The van der Waals surface area contributed by atoms with Crippen molar-refractivity contribution >= 4 is 0 Å². The lowest BCUT2D eigenvalue weighted by atomic mass is 9.78. The van der Waals surface area contributed by atoms with Crippen LogP contribution in [0.5, 0.6) is 0 Å². The Hall–Kier alpha value is -2.83. The van der Waals surface area contributed by atoms with Crippen LogP contribution in [0.1, 0.15) is 47.9 Å². The van der Waals surface area contributed by atoms with E-state index in [4.69, 9.17) is 0 Å². The van der Waals surface area contributed by atoms with E-state index >= 15 is 4.39 Å². The minimum atomic E-state index is -1.64. The van der Waals surface area contributed by atoms with Crippen LogP contribution >= 0.6 is 0 Å². The van der Waals surface area contributed by atoms with Crippen molar-refractivity contribution in [3.05, 3.63) is 93.3 Å². The van der Waals surface area contributed by atoms with E-state index in [-0.39, 0.29) is 41.5 Å². The van der Waals surface area contributed by atoms with E-state index in [0.717, 1.165) is 18.2 Å². The molecule has 0 bridgehead atoms. The fourth-order valence-corrected chi connectivity index (χ4v) is 4.48. The zero-order valence-corrected chi connectivity index (χ0v) is 17.1. The normalized spacial score (nSPS) is 15.7. The second-order valence-corrected chi connectivity index (χ2v) is 8.01. The van der Waals surface area contributed by atoms with Crippen LogP contribution in [0.2, 0.25) is 0 Å². The van der Waals surface area contributed by atoms with Crippen molar-refractivity contribution in [2.45, 2.75) is 44.9 Å². The molecule has 0 saturated carbocycles. The quantitative estimate of drug-likeness (QED) is 0.283. The molecular weight excluding hydrogens is 433 g/mol. The van der Waals surface area contributed by atoms with Crippen molar-refractivity contribution in [2.75, 3.05) is 0 Å². The molecule has 168 valence electrons. The van der Waals surface area contributed by atoms with Crippen molar-refractivity contribution in [1.29, 1.82) is 0 Å². The molecule has 1 unspecified atom stereocenters. The lowest BCUT2D eigenvalue weighted by Gasteiger charge is -2.27. The van der Waals surface area contributed by atoms with E-state index in [0.29, 0.717) is 12.8 Å². The van der Waals surface area contributed by atoms with Gasteiger partial charge in [-0.15, -0.1) is 0 Å². The summed E-state index contributed by atoms with van der Waals surface area (Å²) in [6.45, 7) is 1.83. The summed E-state index contributed by atoms with van der Waals surface area (Å²) in [6.07, 6.45) is 0.810. The average Bonchev–Trinajstić information content (AvgIpc) is 2.78. The predicted molar refractivity (Wildman–Crippen MR) is 107 cm³/mol. The van der Waals surface area contributed by atoms with E-state index in [9.17, 15) is 26.3 Å². The second-order valence-electron chi connectivity index (χ2n) is 8.01. The zero-order valence-electron chi connectivity index (χ0n) is 17.1. The summed E-state index contributed by atoms with van der Waals surface area (Å²) in [7, 11) is 0. The molecule has 0 aliphatic heterocycles. The van der Waals surface area contributed by atoms with Crippen LogP contribution in [-0.4, -0.2) is 0 Å². The molecule has 0 heterocycles. The highest BCUT2D eigenvalue weighted by molar-refractivity contribution is 5.68. The van der Waals surface area contributed by atoms with Gasteiger partial charge in [-0.05, 0) is 59.9 Å². The van der Waals surface area contributed by atoms with Gasteiger partial charge in [0.05, 0.1) is 5.56 Å². The molecule has 0 nitrogen and oxygen atoms in total. The average molecular weight is 452 g/mol. The third-order valence-electron chi connectivity index (χ3n) is 6.09. The van der Waals surface area contributed by atoms with E-state index < -0.39 is 57.8 Å². The van der Waals surface area contributed by atoms with Crippen LogP contribution in [-0.2, 0) is 19.3 Å². The van der Waals surface area contributed by atoms with Gasteiger partial charge in [-0.25, -0.2) is 30.7 Å². The van der Waals surface area contributed by atoms with Crippen molar-refractivity contribution in [2.24, 2.45) is 0 Å². The van der Waals surface area contributed by atoms with Gasteiger partial charge >= 0.3 is 0 Å². The molecule has 0 saturated heterocycles. The standard InChI is InChI=1S/C25H19F7/c1-2-4-12-7-9-14(23(30)20(12)27)13-8-10-15-17(11-13)24(31)25(32)19(22(15)29)16-5-3-6-18(26)21(16)28/h3,5-7,9,13H,2,4,8,10-11H2,1H3. The first-order valence-electron chi connectivity index (χ1n) is 10.4. The molecule has 1 aliphatic rings. The van der Waals surface area contributed by atoms with Crippen molar-refractivity contribution in [3.8, 4) is 11.1 Å². The van der Waals surface area contributed by atoms with E-state index in [2.05, 4.69) is 0 Å². The van der Waals surface area contributed by atoms with Crippen LogP contribution in [0.4, 0.5) is 30.7 Å². The van der Waals surface area contributed by atoms with Crippen molar-refractivity contribution in [3.63, 3.8) is 0 Å². The first-order valence-corrected chi connectivity index (χ1v) is 10.4. The molecule has 3 aromatic carbocycles. The van der Waals surface area contributed by atoms with Gasteiger partial charge in [-0.3, -0.25) is 0 Å². The summed E-state index contributed by atoms with van der Waals surface area (Å²) >= 11 is 0. The second kappa shape index (κ2) is 8.60. The van der Waals surface area contributed by atoms with Crippen LogP contribution < -0.4 is 0 Å². The number of hydrogen-bond acceptors (Lipinski definition) is 0. The van der Waals surface area contributed by atoms with Gasteiger partial charge in [-0.1, -0.05) is 37.6 Å². The number of rotatable bonds is 4. The molecule has 0 fully saturated rings. The SMILES string of the molecule is CCCc1ccc(C2CCc3c(F)c(-c4cccc(F)c4F)c(F)c(F)c3C2)c(F)c1F. The molecule has 0 spiro atoms. The fraction of sp³-hybridized carbons (Fsp3) is 0.280. The highest BCUT2D eigenvalue weighted by Gasteiger charge is 2.33. The van der Waals surface area contributed by atoms with Gasteiger partial charge in [0.25, 0.3) is 0 Å². The molecule has 1 aliphatic carbocycles. The lowest BCUT2D eigenvalue weighted by molar-refractivity contribution is 0.440. The highest BCUT2D eigenvalue weighted by atomic mass is 19.2. The van der Waals surface area contributed by atoms with Gasteiger partial charge < -0.3 is 0 Å². The molecule has 0 amide bonds. The Balaban J connectivity index is 1.78. The van der Waals surface area contributed by atoms with Gasteiger partial charge in [0.2, 0.25) is 0 Å². The Morgan fingerprint density at radius 1 is 0.750 bits per heavy atom. The largest absolute Gasteiger partial charge is 0.206 e. The summed E-state index contributed by atoms with van der Waals surface area (Å²) < 4.78 is 102. The summed E-state index contributed by atoms with van der Waals surface area (Å²) in [5, 5.41) is 0. The maximum absolute atomic E-state index is 15.2. The summed E-state index contributed by atoms with van der Waals surface area (Å²) in [5.74, 6) is -9.70. The monoisotopic (exact) mass is 452 g/mol. The van der Waals surface area contributed by atoms with Crippen LogP contribution in [0, 0.1) is 40.7 Å². The maximum atomic E-state index is 15.2. The van der Waals surface area contributed by atoms with Crippen LogP contribution in [0.25, 0.3) is 11.1 Å². The van der Waals surface area contributed by atoms with Crippen LogP contribution in [0.3, 0.4) is 0 Å². The number of benzene rings is 3. The number of fused-ring (bicyclic) bond motifs is 1. The number of halogens is 7. The summed E-state index contributed by atoms with van der Waals surface area (Å²) in [6, 6.07) is 5.72. The Labute approximate surface area is 180 Å². The smallest absolute Gasteiger partial charge is 0.169 e. The minimum Gasteiger partial charge on any atom is -0.206 e. The van der Waals surface area contributed by atoms with E-state index in [1.54, 1.807) is 0 Å². The zero-order chi connectivity index (χ0) is 23.2. The third kappa shape index (κ3) is 3.57. The number of aryl methyl sites for hydroxylation is 1. The van der Waals surface area contributed by atoms with Gasteiger partial charge in [-0.2, -0.15) is 0 Å². The Morgan fingerprint density at radius 2 is 1.50 bits per heavy atom. The Morgan fingerprint density at radius 3 is 2.22 bits per heavy atom. The highest BCUT2D eigenvalue weighted by Crippen LogP contribution is 2.41. The third-order valence-corrected chi connectivity index (χ3v) is 6.09. The topological polar surface area (TPSA) is 0 Å². The molecule has 4 rings (SSSR count). The molecular formula is C25H19F7. The Bertz CT molecular complexity index is 1200. The van der Waals surface area contributed by atoms with Gasteiger partial charge in [0, 0.05) is 5.56 Å². The molecule has 0 N–H and O–H groups in total. The minimum absolute atomic E-state index is 0.0217. The molecule has 32 heavy (non-hydrogen) atoms. The molecule has 0 aromatic heterocycles. The van der Waals surface area contributed by atoms with E-state index in [1.807, 2.05) is 6.92 Å². The summed E-state index contributed by atoms with van der Waals surface area (Å²) in [4.78, 5) is 0. The molecule has 0 radical (unpaired) electrons. The molecule has 3 aromatic rings. The maximum Gasteiger partial charge on any atom is 0.169 e. The summed E-state index contributed by atoms with van der Waals surface area (Å²) in [5.41, 5.74) is -1.90. The number of hydrogen-bond donors (Lipinski definition) is 0. The lowest BCUT2D eigenvalue weighted by Crippen LogP contribution is -2.19.